The molecule has 2 aliphatic carbocycles. The Balaban J connectivity index is 1.32. The van der Waals surface area contributed by atoms with Crippen LogP contribution in [0.1, 0.15) is 62.5 Å². The Morgan fingerprint density at radius 1 is 1.00 bits per heavy atom. The topological polar surface area (TPSA) is 49.8 Å². The number of fused-ring (bicyclic) bond motifs is 3. The molecule has 1 saturated carbocycles. The predicted octanol–water partition coefficient (Wildman–Crippen LogP) is 5.59. The van der Waals surface area contributed by atoms with Crippen LogP contribution in [0.25, 0.3) is 11.1 Å². The van der Waals surface area contributed by atoms with Crippen molar-refractivity contribution in [3.05, 3.63) is 59.7 Å². The van der Waals surface area contributed by atoms with E-state index in [0.29, 0.717) is 12.5 Å². The van der Waals surface area contributed by atoms with Crippen LogP contribution in [0, 0.1) is 11.8 Å². The third-order valence-corrected chi connectivity index (χ3v) is 7.74. The lowest BCUT2D eigenvalue weighted by Gasteiger charge is -2.44. The molecule has 2 aromatic rings. The van der Waals surface area contributed by atoms with E-state index in [9.17, 15) is 9.90 Å². The smallest absolute Gasteiger partial charge is 0.410 e. The summed E-state index contributed by atoms with van der Waals surface area (Å²) in [7, 11) is 0. The van der Waals surface area contributed by atoms with Crippen molar-refractivity contribution in [2.45, 2.75) is 63.5 Å². The third kappa shape index (κ3) is 3.87. The van der Waals surface area contributed by atoms with Crippen LogP contribution in [0.15, 0.2) is 48.5 Å². The molecule has 0 spiro atoms. The molecule has 0 aromatic heterocycles. The fraction of sp³-hybridized carbons (Fsp3) is 0.519. The number of likely N-dealkylation sites (tertiary alicyclic amines) is 1. The van der Waals surface area contributed by atoms with Gasteiger partial charge in [0.2, 0.25) is 0 Å². The van der Waals surface area contributed by atoms with E-state index in [1.165, 1.54) is 22.3 Å². The van der Waals surface area contributed by atoms with E-state index in [1.807, 2.05) is 4.90 Å². The molecule has 1 N–H and O–H groups in total. The van der Waals surface area contributed by atoms with Gasteiger partial charge >= 0.3 is 6.09 Å². The summed E-state index contributed by atoms with van der Waals surface area (Å²) in [6.07, 6.45) is 5.52. The monoisotopic (exact) mass is 419 g/mol. The number of amides is 1. The molecule has 3 aliphatic rings. The Morgan fingerprint density at radius 2 is 1.68 bits per heavy atom. The lowest BCUT2D eigenvalue weighted by molar-refractivity contribution is -0.0175. The lowest BCUT2D eigenvalue weighted by atomic mass is 9.74. The number of piperidine rings is 1. The zero-order valence-electron chi connectivity index (χ0n) is 18.4. The van der Waals surface area contributed by atoms with E-state index in [0.717, 1.165) is 45.1 Å². The Labute approximate surface area is 185 Å². The summed E-state index contributed by atoms with van der Waals surface area (Å²) < 4.78 is 5.97. The van der Waals surface area contributed by atoms with Crippen molar-refractivity contribution in [1.82, 2.24) is 4.90 Å². The summed E-state index contributed by atoms with van der Waals surface area (Å²) in [6, 6.07) is 17.0. The summed E-state index contributed by atoms with van der Waals surface area (Å²) in [6.45, 7) is 3.36. The molecule has 5 rings (SSSR count). The first-order chi connectivity index (χ1) is 15.1. The minimum absolute atomic E-state index is 0.0832. The molecule has 4 heteroatoms. The van der Waals surface area contributed by atoms with Crippen molar-refractivity contribution in [1.29, 1.82) is 0 Å². The van der Waals surface area contributed by atoms with Crippen molar-refractivity contribution in [2.24, 2.45) is 11.8 Å². The number of aliphatic hydroxyl groups excluding tert-OH is 1. The normalized spacial score (nSPS) is 28.1. The average molecular weight is 420 g/mol. The summed E-state index contributed by atoms with van der Waals surface area (Å²) >= 11 is 0. The van der Waals surface area contributed by atoms with Gasteiger partial charge in [0.15, 0.2) is 0 Å². The third-order valence-electron chi connectivity index (χ3n) is 7.74. The van der Waals surface area contributed by atoms with Gasteiger partial charge in [0.05, 0.1) is 6.10 Å². The van der Waals surface area contributed by atoms with Crippen LogP contribution in [0.2, 0.25) is 0 Å². The fourth-order valence-electron chi connectivity index (χ4n) is 6.13. The van der Waals surface area contributed by atoms with E-state index in [2.05, 4.69) is 55.5 Å². The van der Waals surface area contributed by atoms with E-state index >= 15 is 0 Å². The molecule has 0 radical (unpaired) electrons. The maximum Gasteiger partial charge on any atom is 0.410 e. The summed E-state index contributed by atoms with van der Waals surface area (Å²) in [5, 5.41) is 10.7. The van der Waals surface area contributed by atoms with E-state index < -0.39 is 0 Å². The van der Waals surface area contributed by atoms with Gasteiger partial charge in [-0.05, 0) is 66.7 Å². The van der Waals surface area contributed by atoms with Crippen LogP contribution in [0.5, 0.6) is 0 Å². The Kier molecular flexibility index (Phi) is 5.75. The van der Waals surface area contributed by atoms with Crippen LogP contribution >= 0.6 is 0 Å². The highest BCUT2D eigenvalue weighted by atomic mass is 16.6. The van der Waals surface area contributed by atoms with Crippen LogP contribution in [-0.2, 0) is 4.74 Å². The zero-order chi connectivity index (χ0) is 21.4. The number of rotatable bonds is 3. The second kappa shape index (κ2) is 8.66. The van der Waals surface area contributed by atoms with Crippen molar-refractivity contribution in [3.63, 3.8) is 0 Å². The van der Waals surface area contributed by atoms with Gasteiger partial charge in [-0.25, -0.2) is 4.79 Å². The lowest BCUT2D eigenvalue weighted by Crippen LogP contribution is -2.52. The molecule has 0 bridgehead atoms. The van der Waals surface area contributed by atoms with Gasteiger partial charge in [0.1, 0.15) is 6.61 Å². The van der Waals surface area contributed by atoms with Gasteiger partial charge in [0.25, 0.3) is 0 Å². The number of hydrogen-bond acceptors (Lipinski definition) is 3. The number of carbonyl (C=O) groups excluding carboxylic acids is 1. The quantitative estimate of drug-likeness (QED) is 0.706. The van der Waals surface area contributed by atoms with E-state index in [-0.39, 0.29) is 30.1 Å². The molecule has 2 fully saturated rings. The van der Waals surface area contributed by atoms with E-state index in [1.54, 1.807) is 0 Å². The first-order valence-electron chi connectivity index (χ1n) is 11.9. The molecule has 1 aliphatic heterocycles. The first kappa shape index (κ1) is 20.6. The van der Waals surface area contributed by atoms with E-state index in [4.69, 9.17) is 4.74 Å². The molecule has 2 aromatic carbocycles. The first-order valence-corrected chi connectivity index (χ1v) is 11.9. The van der Waals surface area contributed by atoms with Gasteiger partial charge < -0.3 is 14.7 Å². The molecule has 164 valence electrons. The number of carbonyl (C=O) groups is 1. The molecular weight excluding hydrogens is 386 g/mol. The summed E-state index contributed by atoms with van der Waals surface area (Å²) in [4.78, 5) is 15.2. The van der Waals surface area contributed by atoms with Crippen molar-refractivity contribution < 1.29 is 14.6 Å². The van der Waals surface area contributed by atoms with Gasteiger partial charge in [-0.2, -0.15) is 0 Å². The molecular formula is C27H33NO3. The number of benzene rings is 2. The van der Waals surface area contributed by atoms with Gasteiger partial charge in [-0.3, -0.25) is 0 Å². The van der Waals surface area contributed by atoms with Crippen LogP contribution in [0.4, 0.5) is 4.79 Å². The highest BCUT2D eigenvalue weighted by Gasteiger charge is 2.40. The fourth-order valence-corrected chi connectivity index (χ4v) is 6.13. The largest absolute Gasteiger partial charge is 0.448 e. The van der Waals surface area contributed by atoms with Crippen molar-refractivity contribution >= 4 is 6.09 Å². The SMILES string of the molecule is CC1CCC(O)C(C2CCCCN2C(=O)OCC2c3ccccc3-c3ccccc32)C1. The molecule has 31 heavy (non-hydrogen) atoms. The van der Waals surface area contributed by atoms with Crippen LogP contribution < -0.4 is 0 Å². The Morgan fingerprint density at radius 3 is 2.39 bits per heavy atom. The van der Waals surface area contributed by atoms with Crippen molar-refractivity contribution in [3.8, 4) is 11.1 Å². The molecule has 4 nitrogen and oxygen atoms in total. The highest BCUT2D eigenvalue weighted by Crippen LogP contribution is 2.44. The molecule has 4 unspecified atom stereocenters. The maximum absolute atomic E-state index is 13.2. The molecule has 1 saturated heterocycles. The van der Waals surface area contributed by atoms with Crippen LogP contribution in [0.3, 0.4) is 0 Å². The highest BCUT2D eigenvalue weighted by molar-refractivity contribution is 5.79. The maximum atomic E-state index is 13.2. The minimum Gasteiger partial charge on any atom is -0.448 e. The number of aliphatic hydroxyl groups is 1. The second-order valence-corrected chi connectivity index (χ2v) is 9.71. The average Bonchev–Trinajstić information content (AvgIpc) is 3.13. The molecule has 1 heterocycles. The van der Waals surface area contributed by atoms with Gasteiger partial charge in [-0.1, -0.05) is 55.5 Å². The van der Waals surface area contributed by atoms with Crippen LogP contribution in [-0.4, -0.2) is 41.4 Å². The Bertz CT molecular complexity index is 896. The number of ether oxygens (including phenoxy) is 1. The summed E-state index contributed by atoms with van der Waals surface area (Å²) in [5.74, 6) is 0.865. The number of nitrogens with zero attached hydrogens (tertiary/aromatic N) is 1. The van der Waals surface area contributed by atoms with Crippen molar-refractivity contribution in [2.75, 3.05) is 13.2 Å². The minimum atomic E-state index is -0.303. The zero-order valence-corrected chi connectivity index (χ0v) is 18.4. The van der Waals surface area contributed by atoms with Gasteiger partial charge in [0, 0.05) is 24.4 Å². The summed E-state index contributed by atoms with van der Waals surface area (Å²) in [5.41, 5.74) is 4.97. The molecule has 4 atom stereocenters. The Hall–Kier alpha value is -2.33. The number of hydrogen-bond donors (Lipinski definition) is 1. The predicted molar refractivity (Wildman–Crippen MR) is 122 cm³/mol. The standard InChI is InChI=1S/C27H33NO3/c1-18-13-14-26(29)23(16-18)25-12-6-7-15-28(25)27(30)31-17-24-21-10-4-2-8-19(21)20-9-3-5-11-22(20)24/h2-5,8-11,18,23-26,29H,6-7,12-17H2,1H3. The van der Waals surface area contributed by atoms with Gasteiger partial charge in [-0.15, -0.1) is 0 Å². The molecule has 1 amide bonds. The second-order valence-electron chi connectivity index (χ2n) is 9.71.